The first-order valence-corrected chi connectivity index (χ1v) is 5.83. The van der Waals surface area contributed by atoms with Gasteiger partial charge in [0.05, 0.1) is 6.20 Å². The molecule has 126 valence electrons. The van der Waals surface area contributed by atoms with Crippen LogP contribution in [0.25, 0.3) is 0 Å². The normalized spacial score (nSPS) is 9.00. The Kier molecular flexibility index (Phi) is 7.38. The molecule has 6 N–H and O–H groups in total. The first kappa shape index (κ1) is 19.5. The van der Waals surface area contributed by atoms with E-state index in [1.54, 1.807) is 19.0 Å². The third-order valence-electron chi connectivity index (χ3n) is 1.95. The molecule has 0 aliphatic heterocycles. The van der Waals surface area contributed by atoms with Crippen molar-refractivity contribution in [2.45, 2.75) is 6.92 Å². The van der Waals surface area contributed by atoms with Gasteiger partial charge >= 0.3 is 5.91 Å². The van der Waals surface area contributed by atoms with Gasteiger partial charge in [0.1, 0.15) is 5.82 Å². The van der Waals surface area contributed by atoms with Crippen LogP contribution < -0.4 is 21.7 Å². The summed E-state index contributed by atoms with van der Waals surface area (Å²) in [4.78, 5) is 44.3. The SMILES string of the molecule is CC(=O)Nc1ncc(N(C)C)nc1C(=O)N=C(N)N.O=[N+]([O-])O. The van der Waals surface area contributed by atoms with E-state index >= 15 is 0 Å². The number of nitrogens with two attached hydrogens (primary N) is 2. The fourth-order valence-electron chi connectivity index (χ4n) is 1.17. The zero-order valence-corrected chi connectivity index (χ0v) is 12.5. The number of nitrogens with zero attached hydrogens (tertiary/aromatic N) is 5. The second kappa shape index (κ2) is 8.71. The van der Waals surface area contributed by atoms with Crippen molar-refractivity contribution in [2.24, 2.45) is 16.5 Å². The minimum Gasteiger partial charge on any atom is -0.370 e. The van der Waals surface area contributed by atoms with Crippen LogP contribution in [0, 0.1) is 10.1 Å². The Morgan fingerprint density at radius 1 is 1.43 bits per heavy atom. The van der Waals surface area contributed by atoms with Crippen LogP contribution >= 0.6 is 0 Å². The highest BCUT2D eigenvalue weighted by Crippen LogP contribution is 2.15. The van der Waals surface area contributed by atoms with Gasteiger partial charge in [-0.15, -0.1) is 10.1 Å². The van der Waals surface area contributed by atoms with Crippen molar-refractivity contribution in [2.75, 3.05) is 24.3 Å². The predicted molar refractivity (Wildman–Crippen MR) is 79.6 cm³/mol. The van der Waals surface area contributed by atoms with E-state index in [0.29, 0.717) is 5.82 Å². The standard InChI is InChI=1S/C10H15N7O2.HNO3/c1-5(18)14-8-7(9(19)16-10(11)12)15-6(4-13-8)17(2)3;2-1(3)4/h4H,1-3H3,(H,13,14,18)(H4,11,12,16,19);(H,2,3,4). The number of hydrogen-bond acceptors (Lipinski definition) is 7. The van der Waals surface area contributed by atoms with E-state index in [1.807, 2.05) is 0 Å². The lowest BCUT2D eigenvalue weighted by Gasteiger charge is -2.13. The molecule has 13 nitrogen and oxygen atoms in total. The summed E-state index contributed by atoms with van der Waals surface area (Å²) >= 11 is 0. The molecular formula is C10H16N8O5. The van der Waals surface area contributed by atoms with Gasteiger partial charge < -0.3 is 26.9 Å². The lowest BCUT2D eigenvalue weighted by atomic mass is 10.3. The van der Waals surface area contributed by atoms with E-state index in [9.17, 15) is 9.59 Å². The maximum atomic E-state index is 11.8. The number of rotatable bonds is 3. The minimum atomic E-state index is -1.50. The van der Waals surface area contributed by atoms with E-state index in [-0.39, 0.29) is 17.4 Å². The lowest BCUT2D eigenvalue weighted by Crippen LogP contribution is -2.25. The maximum Gasteiger partial charge on any atom is 0.302 e. The van der Waals surface area contributed by atoms with Gasteiger partial charge in [0.25, 0.3) is 5.09 Å². The molecule has 0 bridgehead atoms. The quantitative estimate of drug-likeness (QED) is 0.220. The molecular weight excluding hydrogens is 312 g/mol. The summed E-state index contributed by atoms with van der Waals surface area (Å²) in [5.74, 6) is -1.11. The second-order valence-corrected chi connectivity index (χ2v) is 4.08. The molecule has 0 unspecified atom stereocenters. The van der Waals surface area contributed by atoms with Gasteiger partial charge in [0.2, 0.25) is 5.91 Å². The molecule has 0 atom stereocenters. The highest BCUT2D eigenvalue weighted by atomic mass is 16.9. The summed E-state index contributed by atoms with van der Waals surface area (Å²) in [6.45, 7) is 1.29. The molecule has 0 spiro atoms. The van der Waals surface area contributed by atoms with Crippen LogP contribution in [0.5, 0.6) is 0 Å². The van der Waals surface area contributed by atoms with Gasteiger partial charge in [-0.05, 0) is 0 Å². The summed E-state index contributed by atoms with van der Waals surface area (Å²) in [5.41, 5.74) is 10.2. The number of aromatic nitrogens is 2. The Labute approximate surface area is 130 Å². The van der Waals surface area contributed by atoms with Crippen molar-refractivity contribution in [3.05, 3.63) is 22.0 Å². The molecule has 0 saturated carbocycles. The monoisotopic (exact) mass is 328 g/mol. The Morgan fingerprint density at radius 3 is 2.35 bits per heavy atom. The molecule has 0 saturated heterocycles. The molecule has 0 radical (unpaired) electrons. The summed E-state index contributed by atoms with van der Waals surface area (Å²) in [6.07, 6.45) is 1.41. The van der Waals surface area contributed by atoms with Gasteiger partial charge in [-0.25, -0.2) is 9.97 Å². The largest absolute Gasteiger partial charge is 0.370 e. The molecule has 23 heavy (non-hydrogen) atoms. The zero-order chi connectivity index (χ0) is 18.2. The molecule has 13 heteroatoms. The Balaban J connectivity index is 0.00000108. The van der Waals surface area contributed by atoms with Crippen LogP contribution in [0.1, 0.15) is 17.4 Å². The molecule has 0 aliphatic rings. The van der Waals surface area contributed by atoms with Gasteiger partial charge in [-0.1, -0.05) is 0 Å². The maximum absolute atomic E-state index is 11.8. The number of amides is 2. The third-order valence-corrected chi connectivity index (χ3v) is 1.95. The van der Waals surface area contributed by atoms with E-state index in [1.165, 1.54) is 13.1 Å². The molecule has 1 rings (SSSR count). The minimum absolute atomic E-state index is 0.00750. The topological polar surface area (TPSA) is 203 Å². The van der Waals surface area contributed by atoms with Gasteiger partial charge in [0, 0.05) is 21.0 Å². The van der Waals surface area contributed by atoms with Crippen molar-refractivity contribution in [3.63, 3.8) is 0 Å². The predicted octanol–water partition coefficient (Wildman–Crippen LogP) is -1.43. The third kappa shape index (κ3) is 7.74. The lowest BCUT2D eigenvalue weighted by molar-refractivity contribution is -0.742. The molecule has 1 heterocycles. The van der Waals surface area contributed by atoms with Crippen molar-refractivity contribution in [3.8, 4) is 0 Å². The Bertz CT molecular complexity index is 622. The Hall–Kier alpha value is -3.51. The fraction of sp³-hybridized carbons (Fsp3) is 0.300. The highest BCUT2D eigenvalue weighted by molar-refractivity contribution is 6.05. The fourth-order valence-corrected chi connectivity index (χ4v) is 1.17. The number of carbonyl (C=O) groups is 2. The Morgan fingerprint density at radius 2 is 1.96 bits per heavy atom. The number of nitrogens with one attached hydrogen (secondary N) is 1. The van der Waals surface area contributed by atoms with Crippen LogP contribution in [0.3, 0.4) is 0 Å². The summed E-state index contributed by atoms with van der Waals surface area (Å²) in [7, 11) is 3.47. The number of carbonyl (C=O) groups excluding carboxylic acids is 2. The van der Waals surface area contributed by atoms with Gasteiger partial charge in [0.15, 0.2) is 17.5 Å². The molecule has 0 aromatic carbocycles. The summed E-state index contributed by atoms with van der Waals surface area (Å²) in [6, 6.07) is 0. The van der Waals surface area contributed by atoms with Crippen LogP contribution in [0.4, 0.5) is 11.6 Å². The number of hydrogen-bond donors (Lipinski definition) is 4. The highest BCUT2D eigenvalue weighted by Gasteiger charge is 2.17. The molecule has 2 amide bonds. The van der Waals surface area contributed by atoms with Gasteiger partial charge in [-0.3, -0.25) is 9.59 Å². The second-order valence-electron chi connectivity index (χ2n) is 4.08. The average Bonchev–Trinajstić information content (AvgIpc) is 2.36. The van der Waals surface area contributed by atoms with Crippen molar-refractivity contribution in [1.29, 1.82) is 0 Å². The average molecular weight is 328 g/mol. The van der Waals surface area contributed by atoms with Crippen LogP contribution in [0.2, 0.25) is 0 Å². The first-order chi connectivity index (χ1) is 10.5. The molecule has 1 aromatic rings. The van der Waals surface area contributed by atoms with Crippen LogP contribution in [-0.4, -0.2) is 52.1 Å². The number of anilines is 2. The molecule has 1 aromatic heterocycles. The van der Waals surface area contributed by atoms with Crippen molar-refractivity contribution < 1.29 is 19.9 Å². The van der Waals surface area contributed by atoms with E-state index in [4.69, 9.17) is 26.8 Å². The van der Waals surface area contributed by atoms with E-state index in [0.717, 1.165) is 0 Å². The van der Waals surface area contributed by atoms with Crippen molar-refractivity contribution >= 4 is 29.4 Å². The van der Waals surface area contributed by atoms with Crippen molar-refractivity contribution in [1.82, 2.24) is 9.97 Å². The molecule has 0 fully saturated rings. The first-order valence-electron chi connectivity index (χ1n) is 5.83. The molecule has 0 aliphatic carbocycles. The van der Waals surface area contributed by atoms with Crippen LogP contribution in [0.15, 0.2) is 11.2 Å². The van der Waals surface area contributed by atoms with E-state index < -0.39 is 17.0 Å². The van der Waals surface area contributed by atoms with Crippen LogP contribution in [-0.2, 0) is 4.79 Å². The summed E-state index contributed by atoms with van der Waals surface area (Å²) < 4.78 is 0. The summed E-state index contributed by atoms with van der Waals surface area (Å²) in [5, 5.41) is 16.0. The van der Waals surface area contributed by atoms with Gasteiger partial charge in [-0.2, -0.15) is 4.99 Å². The zero-order valence-electron chi connectivity index (χ0n) is 12.5. The smallest absolute Gasteiger partial charge is 0.302 e. The van der Waals surface area contributed by atoms with E-state index in [2.05, 4.69) is 20.3 Å². The number of aliphatic imine (C=N–C) groups is 1. The number of guanidine groups is 1.